The quantitative estimate of drug-likeness (QED) is 0.537. The van der Waals surface area contributed by atoms with Crippen LogP contribution >= 0.6 is 0 Å². The number of rotatable bonds is 6. The van der Waals surface area contributed by atoms with Gasteiger partial charge in [0.05, 0.1) is 23.7 Å². The number of nitro benzene ring substituents is 1. The largest absolute Gasteiger partial charge is 0.504 e. The minimum Gasteiger partial charge on any atom is -0.504 e. The second kappa shape index (κ2) is 5.64. The molecule has 0 amide bonds. The molecule has 20 heavy (non-hydrogen) atoms. The van der Waals surface area contributed by atoms with E-state index in [4.69, 9.17) is 4.74 Å². The van der Waals surface area contributed by atoms with Crippen molar-refractivity contribution in [2.45, 2.75) is 31.4 Å². The van der Waals surface area contributed by atoms with Crippen LogP contribution in [0.25, 0.3) is 0 Å². The average molecular weight is 282 g/mol. The van der Waals surface area contributed by atoms with Crippen LogP contribution in [0.1, 0.15) is 24.8 Å². The molecule has 1 aromatic rings. The van der Waals surface area contributed by atoms with Gasteiger partial charge in [-0.25, -0.2) is 0 Å². The number of nitrogens with one attached hydrogen (secondary N) is 1. The summed E-state index contributed by atoms with van der Waals surface area (Å²) in [5.41, 5.74) is -0.445. The van der Waals surface area contributed by atoms with Gasteiger partial charge >= 0.3 is 0 Å². The van der Waals surface area contributed by atoms with E-state index in [1.807, 2.05) is 0 Å². The summed E-state index contributed by atoms with van der Waals surface area (Å²) in [7, 11) is 1.38. The third kappa shape index (κ3) is 3.00. The molecule has 0 aliphatic heterocycles. The van der Waals surface area contributed by atoms with Gasteiger partial charge < -0.3 is 20.3 Å². The van der Waals surface area contributed by atoms with Crippen LogP contribution in [0, 0.1) is 10.1 Å². The topological polar surface area (TPSA) is 105 Å². The molecule has 7 nitrogen and oxygen atoms in total. The summed E-state index contributed by atoms with van der Waals surface area (Å²) in [6.45, 7) is 0.628. The van der Waals surface area contributed by atoms with Gasteiger partial charge in [-0.05, 0) is 25.3 Å². The number of ether oxygens (including phenoxy) is 1. The van der Waals surface area contributed by atoms with E-state index in [2.05, 4.69) is 5.32 Å². The first-order valence-corrected chi connectivity index (χ1v) is 6.42. The first kappa shape index (κ1) is 14.5. The number of hydrogen-bond donors (Lipinski definition) is 3. The van der Waals surface area contributed by atoms with E-state index in [9.17, 15) is 20.3 Å². The van der Waals surface area contributed by atoms with E-state index in [-0.39, 0.29) is 23.7 Å². The van der Waals surface area contributed by atoms with Gasteiger partial charge in [0.2, 0.25) is 0 Å². The van der Waals surface area contributed by atoms with Crippen LogP contribution in [0.3, 0.4) is 0 Å². The van der Waals surface area contributed by atoms with Crippen LogP contribution < -0.4 is 10.1 Å². The Labute approximate surface area is 116 Å². The number of hydrogen-bond acceptors (Lipinski definition) is 6. The summed E-state index contributed by atoms with van der Waals surface area (Å²) in [5, 5.41) is 33.5. The van der Waals surface area contributed by atoms with Crippen LogP contribution in [0.15, 0.2) is 12.1 Å². The Bertz CT molecular complexity index is 514. The lowest BCUT2D eigenvalue weighted by Gasteiger charge is -2.36. The predicted molar refractivity (Wildman–Crippen MR) is 71.8 cm³/mol. The van der Waals surface area contributed by atoms with Crippen molar-refractivity contribution >= 4 is 5.69 Å². The summed E-state index contributed by atoms with van der Waals surface area (Å²) in [6, 6.07) is 2.51. The Balaban J connectivity index is 2.10. The fraction of sp³-hybridized carbons (Fsp3) is 0.538. The fourth-order valence-corrected chi connectivity index (χ4v) is 2.27. The third-order valence-electron chi connectivity index (χ3n) is 3.63. The highest BCUT2D eigenvalue weighted by atomic mass is 16.6. The Morgan fingerprint density at radius 1 is 1.50 bits per heavy atom. The third-order valence-corrected chi connectivity index (χ3v) is 3.63. The zero-order valence-corrected chi connectivity index (χ0v) is 11.3. The second-order valence-corrected chi connectivity index (χ2v) is 5.09. The van der Waals surface area contributed by atoms with Crippen molar-refractivity contribution in [3.63, 3.8) is 0 Å². The molecule has 1 fully saturated rings. The Hall–Kier alpha value is -1.86. The lowest BCUT2D eigenvalue weighted by molar-refractivity contribution is -0.385. The van der Waals surface area contributed by atoms with Crippen molar-refractivity contribution < 1.29 is 19.9 Å². The summed E-state index contributed by atoms with van der Waals surface area (Å²) in [6.07, 6.45) is 2.51. The maximum atomic E-state index is 11.0. The maximum absolute atomic E-state index is 11.0. The number of aliphatic hydroxyl groups is 1. The number of methoxy groups -OCH3 is 1. The van der Waals surface area contributed by atoms with Gasteiger partial charge in [-0.15, -0.1) is 0 Å². The molecule has 2 rings (SSSR count). The lowest BCUT2D eigenvalue weighted by atomic mass is 9.80. The van der Waals surface area contributed by atoms with Gasteiger partial charge in [0, 0.05) is 18.7 Å². The lowest BCUT2D eigenvalue weighted by Crippen LogP contribution is -2.46. The molecule has 110 valence electrons. The van der Waals surface area contributed by atoms with Crippen molar-refractivity contribution in [2.75, 3.05) is 13.7 Å². The van der Waals surface area contributed by atoms with Crippen LogP contribution in [0.5, 0.6) is 11.5 Å². The smallest absolute Gasteiger partial charge is 0.277 e. The van der Waals surface area contributed by atoms with Gasteiger partial charge in [-0.2, -0.15) is 0 Å². The minimum atomic E-state index is -0.685. The van der Waals surface area contributed by atoms with Gasteiger partial charge in [-0.1, -0.05) is 0 Å². The van der Waals surface area contributed by atoms with Crippen molar-refractivity contribution in [2.24, 2.45) is 0 Å². The van der Waals surface area contributed by atoms with Crippen LogP contribution in [-0.2, 0) is 6.54 Å². The van der Waals surface area contributed by atoms with E-state index in [0.717, 1.165) is 25.3 Å². The summed E-state index contributed by atoms with van der Waals surface area (Å²) in [4.78, 5) is 10.4. The van der Waals surface area contributed by atoms with Crippen molar-refractivity contribution in [3.8, 4) is 11.5 Å². The molecule has 0 saturated heterocycles. The van der Waals surface area contributed by atoms with Gasteiger partial charge in [0.25, 0.3) is 5.69 Å². The van der Waals surface area contributed by atoms with Crippen LogP contribution in [-0.4, -0.2) is 34.4 Å². The highest BCUT2D eigenvalue weighted by Crippen LogP contribution is 2.34. The monoisotopic (exact) mass is 282 g/mol. The average Bonchev–Trinajstić information content (AvgIpc) is 2.37. The minimum absolute atomic E-state index is 0.170. The Kier molecular flexibility index (Phi) is 4.10. The fourth-order valence-electron chi connectivity index (χ4n) is 2.27. The SMILES string of the molecule is COc1cc(CNCC2(O)CCC2)c([N+](=O)[O-])cc1O. The molecule has 1 aliphatic rings. The molecule has 1 aromatic carbocycles. The number of phenols is 1. The molecular weight excluding hydrogens is 264 g/mol. The van der Waals surface area contributed by atoms with Gasteiger partial charge in [0.15, 0.2) is 11.5 Å². The Morgan fingerprint density at radius 2 is 2.20 bits per heavy atom. The van der Waals surface area contributed by atoms with E-state index >= 15 is 0 Å². The molecule has 1 aliphatic carbocycles. The van der Waals surface area contributed by atoms with Crippen LogP contribution in [0.2, 0.25) is 0 Å². The molecular formula is C13H18N2O5. The summed E-state index contributed by atoms with van der Waals surface area (Å²) in [5.74, 6) is -0.0738. The highest BCUT2D eigenvalue weighted by molar-refractivity contribution is 5.53. The second-order valence-electron chi connectivity index (χ2n) is 5.09. The summed E-state index contributed by atoms with van der Waals surface area (Å²) < 4.78 is 4.95. The van der Waals surface area contributed by atoms with Crippen molar-refractivity contribution in [1.29, 1.82) is 0 Å². The molecule has 0 atom stereocenters. The van der Waals surface area contributed by atoms with Gasteiger partial charge in [0.1, 0.15) is 0 Å². The molecule has 0 spiro atoms. The molecule has 1 saturated carbocycles. The molecule has 0 heterocycles. The highest BCUT2D eigenvalue weighted by Gasteiger charge is 2.33. The van der Waals surface area contributed by atoms with Crippen molar-refractivity contribution in [1.82, 2.24) is 5.32 Å². The number of nitrogens with zero attached hydrogens (tertiary/aromatic N) is 1. The molecule has 0 unspecified atom stereocenters. The predicted octanol–water partition coefficient (Wildman–Crippen LogP) is 1.31. The molecule has 0 aromatic heterocycles. The zero-order valence-electron chi connectivity index (χ0n) is 11.3. The van der Waals surface area contributed by atoms with Crippen molar-refractivity contribution in [3.05, 3.63) is 27.8 Å². The van der Waals surface area contributed by atoms with Gasteiger partial charge in [-0.3, -0.25) is 10.1 Å². The summed E-state index contributed by atoms with van der Waals surface area (Å²) >= 11 is 0. The number of benzene rings is 1. The Morgan fingerprint density at radius 3 is 2.70 bits per heavy atom. The number of nitro groups is 1. The van der Waals surface area contributed by atoms with E-state index in [0.29, 0.717) is 12.1 Å². The zero-order chi connectivity index (χ0) is 14.8. The number of aromatic hydroxyl groups is 1. The standard InChI is InChI=1S/C13H18N2O5/c1-20-12-5-9(10(15(18)19)6-11(12)16)7-14-8-13(17)3-2-4-13/h5-6,14,16-17H,2-4,7-8H2,1H3. The molecule has 0 bridgehead atoms. The maximum Gasteiger partial charge on any atom is 0.277 e. The molecule has 0 radical (unpaired) electrons. The van der Waals surface area contributed by atoms with Crippen LogP contribution in [0.4, 0.5) is 5.69 Å². The first-order chi connectivity index (χ1) is 9.45. The molecule has 3 N–H and O–H groups in total. The first-order valence-electron chi connectivity index (χ1n) is 6.42. The van der Waals surface area contributed by atoms with E-state index in [1.54, 1.807) is 0 Å². The normalized spacial score (nSPS) is 16.5. The van der Waals surface area contributed by atoms with E-state index in [1.165, 1.54) is 13.2 Å². The van der Waals surface area contributed by atoms with E-state index < -0.39 is 10.5 Å². The number of phenolic OH excluding ortho intramolecular Hbond substituents is 1. The molecule has 7 heteroatoms.